The summed E-state index contributed by atoms with van der Waals surface area (Å²) in [7, 11) is 1.54. The first-order valence-electron chi connectivity index (χ1n) is 5.96. The topological polar surface area (TPSA) is 111 Å². The number of methoxy groups -OCH3 is 1. The van der Waals surface area contributed by atoms with Gasteiger partial charge in [-0.15, -0.1) is 0 Å². The second kappa shape index (κ2) is 5.91. The number of anilines is 2. The maximum absolute atomic E-state index is 11.8. The van der Waals surface area contributed by atoms with Crippen LogP contribution in [0.5, 0.6) is 23.0 Å². The zero-order valence-electron chi connectivity index (χ0n) is 11.1. The Morgan fingerprint density at radius 1 is 0.952 bits per heavy atom. The maximum atomic E-state index is 11.8. The average molecular weight is 290 g/mol. The Labute approximate surface area is 120 Å². The first-order valence-corrected chi connectivity index (χ1v) is 5.96. The van der Waals surface area contributed by atoms with Gasteiger partial charge in [-0.1, -0.05) is 0 Å². The van der Waals surface area contributed by atoms with Crippen LogP contribution in [0.15, 0.2) is 36.4 Å². The van der Waals surface area contributed by atoms with Gasteiger partial charge in [0.05, 0.1) is 12.8 Å². The van der Waals surface area contributed by atoms with E-state index in [9.17, 15) is 20.1 Å². The number of nitrogens with one attached hydrogen (secondary N) is 2. The molecule has 0 aliphatic heterocycles. The molecule has 0 fully saturated rings. The molecule has 0 aromatic heterocycles. The summed E-state index contributed by atoms with van der Waals surface area (Å²) in [4.78, 5) is 11.8. The van der Waals surface area contributed by atoms with E-state index < -0.39 is 23.3 Å². The summed E-state index contributed by atoms with van der Waals surface area (Å²) >= 11 is 0. The summed E-state index contributed by atoms with van der Waals surface area (Å²) in [5.74, 6) is -1.05. The Hall–Kier alpha value is -3.09. The molecule has 2 rings (SSSR count). The molecule has 0 atom stereocenters. The molecule has 0 saturated heterocycles. The Balaban J connectivity index is 2.04. The van der Waals surface area contributed by atoms with Crippen molar-refractivity contribution in [3.8, 4) is 23.0 Å². The standard InChI is InChI=1S/C14H14N2O5/c1-21-10-4-2-8(3-5-10)15-14(20)16-9-6-11(17)13(19)12(18)7-9/h2-7,17-19H,1H3,(H2,15,16,20). The fraction of sp³-hybridized carbons (Fsp3) is 0.0714. The van der Waals surface area contributed by atoms with Crippen molar-refractivity contribution in [3.63, 3.8) is 0 Å². The van der Waals surface area contributed by atoms with Gasteiger partial charge in [-0.3, -0.25) is 0 Å². The van der Waals surface area contributed by atoms with Gasteiger partial charge in [0.1, 0.15) is 5.75 Å². The highest BCUT2D eigenvalue weighted by Gasteiger charge is 2.10. The van der Waals surface area contributed by atoms with Crippen LogP contribution < -0.4 is 15.4 Å². The lowest BCUT2D eigenvalue weighted by atomic mass is 10.2. The van der Waals surface area contributed by atoms with Gasteiger partial charge in [0, 0.05) is 17.8 Å². The predicted octanol–water partition coefficient (Wildman–Crippen LogP) is 2.46. The molecule has 2 amide bonds. The fourth-order valence-corrected chi connectivity index (χ4v) is 1.64. The van der Waals surface area contributed by atoms with Gasteiger partial charge < -0.3 is 30.7 Å². The molecule has 0 spiro atoms. The molecule has 0 bridgehead atoms. The number of urea groups is 1. The van der Waals surface area contributed by atoms with Gasteiger partial charge in [0.15, 0.2) is 17.2 Å². The second-order valence-corrected chi connectivity index (χ2v) is 4.17. The largest absolute Gasteiger partial charge is 0.504 e. The molecular weight excluding hydrogens is 276 g/mol. The molecule has 7 nitrogen and oxygen atoms in total. The first-order chi connectivity index (χ1) is 9.99. The van der Waals surface area contributed by atoms with Crippen LogP contribution >= 0.6 is 0 Å². The average Bonchev–Trinajstić information content (AvgIpc) is 2.45. The predicted molar refractivity (Wildman–Crippen MR) is 77.1 cm³/mol. The molecule has 2 aromatic carbocycles. The number of phenols is 3. The highest BCUT2D eigenvalue weighted by molar-refractivity contribution is 6.00. The van der Waals surface area contributed by atoms with Gasteiger partial charge in [-0.05, 0) is 24.3 Å². The fourth-order valence-electron chi connectivity index (χ4n) is 1.64. The molecule has 21 heavy (non-hydrogen) atoms. The van der Waals surface area contributed by atoms with Crippen molar-refractivity contribution in [2.45, 2.75) is 0 Å². The molecule has 2 aromatic rings. The lowest BCUT2D eigenvalue weighted by Gasteiger charge is -2.09. The Bertz CT molecular complexity index is 632. The van der Waals surface area contributed by atoms with Crippen LogP contribution in [0.4, 0.5) is 16.2 Å². The van der Waals surface area contributed by atoms with E-state index in [4.69, 9.17) is 4.74 Å². The van der Waals surface area contributed by atoms with Crippen LogP contribution in [-0.4, -0.2) is 28.5 Å². The molecule has 0 saturated carbocycles. The molecular formula is C14H14N2O5. The van der Waals surface area contributed by atoms with Crippen LogP contribution in [0.2, 0.25) is 0 Å². The van der Waals surface area contributed by atoms with Gasteiger partial charge in [-0.2, -0.15) is 0 Å². The minimum Gasteiger partial charge on any atom is -0.504 e. The van der Waals surface area contributed by atoms with E-state index >= 15 is 0 Å². The number of amides is 2. The number of ether oxygens (including phenoxy) is 1. The molecule has 110 valence electrons. The zero-order chi connectivity index (χ0) is 15.4. The summed E-state index contributed by atoms with van der Waals surface area (Å²) in [6.07, 6.45) is 0. The van der Waals surface area contributed by atoms with Crippen molar-refractivity contribution in [1.29, 1.82) is 0 Å². The van der Waals surface area contributed by atoms with Crippen molar-refractivity contribution in [1.82, 2.24) is 0 Å². The minimum absolute atomic E-state index is 0.133. The van der Waals surface area contributed by atoms with Crippen molar-refractivity contribution in [2.24, 2.45) is 0 Å². The highest BCUT2D eigenvalue weighted by atomic mass is 16.5. The Kier molecular flexibility index (Phi) is 4.03. The van der Waals surface area contributed by atoms with Crippen LogP contribution in [-0.2, 0) is 0 Å². The molecule has 0 heterocycles. The third kappa shape index (κ3) is 3.47. The number of phenolic OH excluding ortho intramolecular Hbond substituents is 3. The smallest absolute Gasteiger partial charge is 0.323 e. The summed E-state index contributed by atoms with van der Waals surface area (Å²) in [6.45, 7) is 0. The van der Waals surface area contributed by atoms with Crippen LogP contribution in [0.1, 0.15) is 0 Å². The third-order valence-electron chi connectivity index (χ3n) is 2.68. The monoisotopic (exact) mass is 290 g/mol. The number of carbonyl (C=O) groups excluding carboxylic acids is 1. The van der Waals surface area contributed by atoms with Gasteiger partial charge in [0.2, 0.25) is 0 Å². The van der Waals surface area contributed by atoms with E-state index in [0.717, 1.165) is 12.1 Å². The Morgan fingerprint density at radius 2 is 1.48 bits per heavy atom. The van der Waals surface area contributed by atoms with E-state index in [1.54, 1.807) is 31.4 Å². The van der Waals surface area contributed by atoms with E-state index in [1.165, 1.54) is 0 Å². The molecule has 5 N–H and O–H groups in total. The summed E-state index contributed by atoms with van der Waals surface area (Å²) in [5.41, 5.74) is 0.675. The summed E-state index contributed by atoms with van der Waals surface area (Å²) in [6, 6.07) is 8.35. The number of hydrogen-bond acceptors (Lipinski definition) is 5. The normalized spacial score (nSPS) is 9.95. The molecule has 0 aliphatic carbocycles. The minimum atomic E-state index is -0.642. The number of hydrogen-bond donors (Lipinski definition) is 5. The first kappa shape index (κ1) is 14.3. The number of benzene rings is 2. The highest BCUT2D eigenvalue weighted by Crippen LogP contribution is 2.37. The lowest BCUT2D eigenvalue weighted by Crippen LogP contribution is -2.19. The maximum Gasteiger partial charge on any atom is 0.323 e. The van der Waals surface area contributed by atoms with E-state index in [0.29, 0.717) is 11.4 Å². The van der Waals surface area contributed by atoms with Crippen molar-refractivity contribution >= 4 is 17.4 Å². The van der Waals surface area contributed by atoms with Gasteiger partial charge in [-0.25, -0.2) is 4.79 Å². The zero-order valence-corrected chi connectivity index (χ0v) is 11.1. The second-order valence-electron chi connectivity index (χ2n) is 4.17. The van der Waals surface area contributed by atoms with E-state index in [-0.39, 0.29) is 5.69 Å². The van der Waals surface area contributed by atoms with Crippen molar-refractivity contribution in [3.05, 3.63) is 36.4 Å². The molecule has 0 unspecified atom stereocenters. The SMILES string of the molecule is COc1ccc(NC(=O)Nc2cc(O)c(O)c(O)c2)cc1. The number of aromatic hydroxyl groups is 3. The summed E-state index contributed by atoms with van der Waals surface area (Å²) < 4.78 is 5.00. The van der Waals surface area contributed by atoms with Crippen LogP contribution in [0.25, 0.3) is 0 Å². The number of carbonyl (C=O) groups is 1. The van der Waals surface area contributed by atoms with Gasteiger partial charge in [0.25, 0.3) is 0 Å². The van der Waals surface area contributed by atoms with Crippen LogP contribution in [0.3, 0.4) is 0 Å². The van der Waals surface area contributed by atoms with E-state index in [1.807, 2.05) is 0 Å². The summed E-state index contributed by atoms with van der Waals surface area (Å²) in [5, 5.41) is 32.9. The number of rotatable bonds is 3. The van der Waals surface area contributed by atoms with E-state index in [2.05, 4.69) is 10.6 Å². The lowest BCUT2D eigenvalue weighted by molar-refractivity contribution is 0.262. The third-order valence-corrected chi connectivity index (χ3v) is 2.68. The van der Waals surface area contributed by atoms with Crippen molar-refractivity contribution < 1.29 is 24.9 Å². The quantitative estimate of drug-likeness (QED) is 0.440. The van der Waals surface area contributed by atoms with Gasteiger partial charge >= 0.3 is 6.03 Å². The van der Waals surface area contributed by atoms with Crippen molar-refractivity contribution in [2.75, 3.05) is 17.7 Å². The Morgan fingerprint density at radius 3 is 2.00 bits per heavy atom. The molecule has 7 heteroatoms. The molecule has 0 radical (unpaired) electrons. The molecule has 0 aliphatic rings. The van der Waals surface area contributed by atoms with Crippen LogP contribution in [0, 0.1) is 0 Å².